The Balaban J connectivity index is 2.00. The Labute approximate surface area is 148 Å². The number of benzene rings is 2. The maximum absolute atomic E-state index is 12.1. The van der Waals surface area contributed by atoms with Crippen molar-refractivity contribution in [2.45, 2.75) is 6.42 Å². The van der Waals surface area contributed by atoms with Crippen LogP contribution in [0.5, 0.6) is 11.5 Å². The molecule has 0 aliphatic heterocycles. The number of nitrogens with one attached hydrogen (secondary N) is 2. The van der Waals surface area contributed by atoms with Crippen LogP contribution >= 0.6 is 15.9 Å². The van der Waals surface area contributed by atoms with Crippen molar-refractivity contribution in [2.75, 3.05) is 24.9 Å². The average molecular weight is 393 g/mol. The molecule has 0 saturated carbocycles. The van der Waals surface area contributed by atoms with Crippen molar-refractivity contribution in [1.82, 2.24) is 0 Å². The lowest BCUT2D eigenvalue weighted by atomic mass is 10.2. The molecule has 0 saturated heterocycles. The molecule has 0 heterocycles. The highest BCUT2D eigenvalue weighted by molar-refractivity contribution is 9.10. The van der Waals surface area contributed by atoms with Crippen LogP contribution in [0.1, 0.15) is 6.42 Å². The Morgan fingerprint density at radius 1 is 0.958 bits per heavy atom. The molecule has 126 valence electrons. The quantitative estimate of drug-likeness (QED) is 0.738. The van der Waals surface area contributed by atoms with E-state index >= 15 is 0 Å². The van der Waals surface area contributed by atoms with E-state index in [1.165, 1.54) is 14.2 Å². The van der Waals surface area contributed by atoms with Crippen molar-refractivity contribution >= 4 is 39.1 Å². The summed E-state index contributed by atoms with van der Waals surface area (Å²) in [7, 11) is 3.02. The molecule has 2 aromatic rings. The molecule has 0 bridgehead atoms. The topological polar surface area (TPSA) is 76.7 Å². The number of amides is 2. The second kappa shape index (κ2) is 8.35. The Kier molecular flexibility index (Phi) is 6.20. The largest absolute Gasteiger partial charge is 0.497 e. The second-order valence-corrected chi connectivity index (χ2v) is 5.67. The maximum atomic E-state index is 12.1. The number of ether oxygens (including phenoxy) is 2. The third-order valence-corrected chi connectivity index (χ3v) is 3.84. The smallest absolute Gasteiger partial charge is 0.233 e. The Hall–Kier alpha value is -2.54. The standard InChI is InChI=1S/C17H17BrN2O4/c1-23-11-7-8-15(24-2)14(9-11)20-17(22)10-16(21)19-13-6-4-3-5-12(13)18/h3-9H,10H2,1-2H3,(H,19,21)(H,20,22). The number of carbonyl (C=O) groups excluding carboxylic acids is 2. The van der Waals surface area contributed by atoms with Crippen molar-refractivity contribution in [2.24, 2.45) is 0 Å². The zero-order chi connectivity index (χ0) is 17.5. The predicted molar refractivity (Wildman–Crippen MR) is 95.6 cm³/mol. The summed E-state index contributed by atoms with van der Waals surface area (Å²) in [6.45, 7) is 0. The van der Waals surface area contributed by atoms with Crippen molar-refractivity contribution in [3.05, 3.63) is 46.9 Å². The van der Waals surface area contributed by atoms with Gasteiger partial charge in [0.1, 0.15) is 17.9 Å². The van der Waals surface area contributed by atoms with E-state index in [-0.39, 0.29) is 6.42 Å². The van der Waals surface area contributed by atoms with E-state index < -0.39 is 11.8 Å². The average Bonchev–Trinajstić information content (AvgIpc) is 2.56. The molecule has 0 aliphatic rings. The summed E-state index contributed by atoms with van der Waals surface area (Å²) in [5.74, 6) is 0.187. The highest BCUT2D eigenvalue weighted by Crippen LogP contribution is 2.29. The van der Waals surface area contributed by atoms with Gasteiger partial charge in [-0.15, -0.1) is 0 Å². The number of para-hydroxylation sites is 1. The molecule has 0 spiro atoms. The molecular formula is C17H17BrN2O4. The normalized spacial score (nSPS) is 9.96. The molecule has 0 aromatic heterocycles. The first-order valence-electron chi connectivity index (χ1n) is 7.09. The number of anilines is 2. The van der Waals surface area contributed by atoms with Crippen LogP contribution in [0.3, 0.4) is 0 Å². The molecule has 7 heteroatoms. The van der Waals surface area contributed by atoms with Crippen LogP contribution in [0.15, 0.2) is 46.9 Å². The van der Waals surface area contributed by atoms with Crippen LogP contribution < -0.4 is 20.1 Å². The molecule has 0 fully saturated rings. The number of hydrogen-bond acceptors (Lipinski definition) is 4. The molecule has 0 radical (unpaired) electrons. The van der Waals surface area contributed by atoms with Gasteiger partial charge < -0.3 is 20.1 Å². The SMILES string of the molecule is COc1ccc(OC)c(NC(=O)CC(=O)Nc2ccccc2Br)c1. The van der Waals surface area contributed by atoms with Gasteiger partial charge in [-0.3, -0.25) is 9.59 Å². The molecule has 24 heavy (non-hydrogen) atoms. The van der Waals surface area contributed by atoms with E-state index in [2.05, 4.69) is 26.6 Å². The molecule has 0 unspecified atom stereocenters. The summed E-state index contributed by atoms with van der Waals surface area (Å²) < 4.78 is 11.0. The summed E-state index contributed by atoms with van der Waals surface area (Å²) >= 11 is 3.33. The number of halogens is 1. The summed E-state index contributed by atoms with van der Waals surface area (Å²) in [6, 6.07) is 12.2. The molecule has 2 aromatic carbocycles. The molecule has 0 atom stereocenters. The van der Waals surface area contributed by atoms with Gasteiger partial charge in [0.2, 0.25) is 11.8 Å². The van der Waals surface area contributed by atoms with Gasteiger partial charge >= 0.3 is 0 Å². The number of carbonyl (C=O) groups is 2. The zero-order valence-corrected chi connectivity index (χ0v) is 14.8. The van der Waals surface area contributed by atoms with E-state index in [4.69, 9.17) is 9.47 Å². The van der Waals surface area contributed by atoms with E-state index in [1.807, 2.05) is 6.07 Å². The maximum Gasteiger partial charge on any atom is 0.233 e. The van der Waals surface area contributed by atoms with Crippen LogP contribution in [-0.4, -0.2) is 26.0 Å². The summed E-state index contributed by atoms with van der Waals surface area (Å²) in [6.07, 6.45) is -0.318. The fraction of sp³-hybridized carbons (Fsp3) is 0.176. The number of methoxy groups -OCH3 is 2. The fourth-order valence-corrected chi connectivity index (χ4v) is 2.39. The van der Waals surface area contributed by atoms with E-state index in [0.717, 1.165) is 4.47 Å². The van der Waals surface area contributed by atoms with Gasteiger partial charge in [-0.05, 0) is 40.2 Å². The summed E-state index contributed by atoms with van der Waals surface area (Å²) in [5, 5.41) is 5.33. The highest BCUT2D eigenvalue weighted by Gasteiger charge is 2.14. The Morgan fingerprint density at radius 2 is 1.62 bits per heavy atom. The zero-order valence-electron chi connectivity index (χ0n) is 13.3. The summed E-state index contributed by atoms with van der Waals surface area (Å²) in [5.41, 5.74) is 1.05. The molecule has 6 nitrogen and oxygen atoms in total. The monoisotopic (exact) mass is 392 g/mol. The van der Waals surface area contributed by atoms with E-state index in [9.17, 15) is 9.59 Å². The third kappa shape index (κ3) is 4.73. The molecule has 0 aliphatic carbocycles. The molecule has 2 amide bonds. The van der Waals surface area contributed by atoms with Gasteiger partial charge in [-0.25, -0.2) is 0 Å². The minimum atomic E-state index is -0.453. The first kappa shape index (κ1) is 17.8. The second-order valence-electron chi connectivity index (χ2n) is 4.82. The predicted octanol–water partition coefficient (Wildman–Crippen LogP) is 3.43. The van der Waals surface area contributed by atoms with Crippen molar-refractivity contribution in [3.8, 4) is 11.5 Å². The lowest BCUT2D eigenvalue weighted by Crippen LogP contribution is -2.21. The Bertz CT molecular complexity index is 749. The molecule has 2 rings (SSSR count). The minimum Gasteiger partial charge on any atom is -0.497 e. The van der Waals surface area contributed by atoms with Gasteiger partial charge in [-0.1, -0.05) is 12.1 Å². The highest BCUT2D eigenvalue weighted by atomic mass is 79.9. The van der Waals surface area contributed by atoms with E-state index in [0.29, 0.717) is 22.9 Å². The van der Waals surface area contributed by atoms with Gasteiger partial charge in [0.05, 0.1) is 25.6 Å². The fourth-order valence-electron chi connectivity index (χ4n) is 2.01. The first-order chi connectivity index (χ1) is 11.5. The minimum absolute atomic E-state index is 0.318. The van der Waals surface area contributed by atoms with Gasteiger partial charge in [-0.2, -0.15) is 0 Å². The van der Waals surface area contributed by atoms with Crippen LogP contribution in [-0.2, 0) is 9.59 Å². The van der Waals surface area contributed by atoms with Crippen molar-refractivity contribution in [3.63, 3.8) is 0 Å². The van der Waals surface area contributed by atoms with E-state index in [1.54, 1.807) is 36.4 Å². The van der Waals surface area contributed by atoms with Gasteiger partial charge in [0.15, 0.2) is 0 Å². The summed E-state index contributed by atoms with van der Waals surface area (Å²) in [4.78, 5) is 24.1. The van der Waals surface area contributed by atoms with Crippen LogP contribution in [0, 0.1) is 0 Å². The lowest BCUT2D eigenvalue weighted by Gasteiger charge is -2.12. The van der Waals surface area contributed by atoms with Crippen LogP contribution in [0.2, 0.25) is 0 Å². The first-order valence-corrected chi connectivity index (χ1v) is 7.89. The van der Waals surface area contributed by atoms with Crippen LogP contribution in [0.25, 0.3) is 0 Å². The third-order valence-electron chi connectivity index (χ3n) is 3.15. The van der Waals surface area contributed by atoms with Crippen molar-refractivity contribution < 1.29 is 19.1 Å². The lowest BCUT2D eigenvalue weighted by molar-refractivity contribution is -0.123. The molecule has 2 N–H and O–H groups in total. The van der Waals surface area contributed by atoms with Crippen molar-refractivity contribution in [1.29, 1.82) is 0 Å². The Morgan fingerprint density at radius 3 is 2.25 bits per heavy atom. The number of hydrogen-bond donors (Lipinski definition) is 2. The number of rotatable bonds is 6. The molecular weight excluding hydrogens is 376 g/mol. The van der Waals surface area contributed by atoms with Crippen LogP contribution in [0.4, 0.5) is 11.4 Å². The van der Waals surface area contributed by atoms with Gasteiger partial charge in [0.25, 0.3) is 0 Å². The van der Waals surface area contributed by atoms with Gasteiger partial charge in [0, 0.05) is 10.5 Å².